The maximum absolute atomic E-state index is 10.5. The van der Waals surface area contributed by atoms with Gasteiger partial charge in [-0.05, 0) is 0 Å². The lowest BCUT2D eigenvalue weighted by atomic mass is 10.6. The number of carbonyl (C=O) groups excluding carboxylic acids is 2. The minimum absolute atomic E-state index is 0.739. The highest BCUT2D eigenvalue weighted by atomic mass is 16.2. The molecule has 0 bridgehead atoms. The number of hydrogen-bond acceptors (Lipinski definition) is 4. The van der Waals surface area contributed by atoms with E-state index in [-0.39, 0.29) is 0 Å². The van der Waals surface area contributed by atoms with Crippen molar-refractivity contribution in [3.05, 3.63) is 0 Å². The maximum atomic E-state index is 10.5. The molecule has 0 atom stereocenters. The van der Waals surface area contributed by atoms with Gasteiger partial charge in [0.15, 0.2) is 0 Å². The largest absolute Gasteiger partial charge is 0.324 e. The number of hydrogen-bond donors (Lipinski definition) is 4. The fourth-order valence-corrected chi connectivity index (χ4v) is 0.341. The van der Waals surface area contributed by atoms with Crippen LogP contribution in [0.5, 0.6) is 0 Å². The van der Waals surface area contributed by atoms with Crippen molar-refractivity contribution < 1.29 is 9.59 Å². The van der Waals surface area contributed by atoms with E-state index in [4.69, 9.17) is 0 Å². The summed E-state index contributed by atoms with van der Waals surface area (Å²) in [5.74, 6) is -1.48. The molecule has 0 spiro atoms. The Kier molecular flexibility index (Phi) is 4.17. The van der Waals surface area contributed by atoms with Crippen LogP contribution < -0.4 is 21.7 Å². The molecule has 0 aliphatic rings. The molecule has 2 amide bonds. The average Bonchev–Trinajstić information content (AvgIpc) is 1.89. The van der Waals surface area contributed by atoms with Gasteiger partial charge in [-0.2, -0.15) is 0 Å². The zero-order valence-corrected chi connectivity index (χ0v) is 5.82. The van der Waals surface area contributed by atoms with Gasteiger partial charge in [-0.25, -0.2) is 10.9 Å². The summed E-state index contributed by atoms with van der Waals surface area (Å²) in [7, 11) is 2.98. The van der Waals surface area contributed by atoms with Crippen molar-refractivity contribution in [1.29, 1.82) is 0 Å². The maximum Gasteiger partial charge on any atom is 0.324 e. The van der Waals surface area contributed by atoms with Crippen LogP contribution >= 0.6 is 0 Å². The number of rotatable bonds is 2. The van der Waals surface area contributed by atoms with E-state index in [1.165, 1.54) is 14.1 Å². The molecule has 0 heterocycles. The van der Waals surface area contributed by atoms with Crippen LogP contribution in [0.1, 0.15) is 0 Å². The molecule has 0 aliphatic carbocycles. The van der Waals surface area contributed by atoms with Crippen LogP contribution in [0.25, 0.3) is 0 Å². The number of amides is 2. The first kappa shape index (κ1) is 8.86. The van der Waals surface area contributed by atoms with Crippen LogP contribution in [0, 0.1) is 0 Å². The third-order valence-corrected chi connectivity index (χ3v) is 0.683. The standard InChI is InChI=1S/C4H10N4O2/c1-5-7-3(9)4(10)8-6-2/h5-6H,1-2H3,(H,7,9)(H,8,10). The molecule has 0 aromatic rings. The number of carbonyl (C=O) groups is 2. The molecule has 0 unspecified atom stereocenters. The molecular formula is C4H10N4O2. The van der Waals surface area contributed by atoms with Crippen LogP contribution in [0.15, 0.2) is 0 Å². The van der Waals surface area contributed by atoms with E-state index < -0.39 is 11.8 Å². The van der Waals surface area contributed by atoms with Crippen molar-refractivity contribution in [2.45, 2.75) is 0 Å². The normalized spacial score (nSPS) is 8.60. The molecule has 6 heteroatoms. The quantitative estimate of drug-likeness (QED) is 0.256. The van der Waals surface area contributed by atoms with Gasteiger partial charge in [-0.1, -0.05) is 0 Å². The van der Waals surface area contributed by atoms with E-state index in [0.29, 0.717) is 0 Å². The summed E-state index contributed by atoms with van der Waals surface area (Å²) in [6.45, 7) is 0. The molecular weight excluding hydrogens is 136 g/mol. The molecule has 10 heavy (non-hydrogen) atoms. The van der Waals surface area contributed by atoms with E-state index in [1.807, 2.05) is 0 Å². The Morgan fingerprint density at radius 2 is 1.20 bits per heavy atom. The predicted molar refractivity (Wildman–Crippen MR) is 34.4 cm³/mol. The first-order valence-electron chi connectivity index (χ1n) is 2.66. The minimum atomic E-state index is -0.739. The molecule has 0 aromatic carbocycles. The molecule has 0 rings (SSSR count). The molecule has 0 fully saturated rings. The zero-order valence-electron chi connectivity index (χ0n) is 5.82. The van der Waals surface area contributed by atoms with Crippen LogP contribution in [-0.4, -0.2) is 25.9 Å². The van der Waals surface area contributed by atoms with Crippen molar-refractivity contribution in [1.82, 2.24) is 21.7 Å². The monoisotopic (exact) mass is 146 g/mol. The first-order valence-corrected chi connectivity index (χ1v) is 2.66. The van der Waals surface area contributed by atoms with E-state index in [0.717, 1.165) is 0 Å². The predicted octanol–water partition coefficient (Wildman–Crippen LogP) is -2.51. The molecule has 0 saturated heterocycles. The van der Waals surface area contributed by atoms with E-state index in [9.17, 15) is 9.59 Å². The van der Waals surface area contributed by atoms with Gasteiger partial charge in [0.1, 0.15) is 0 Å². The average molecular weight is 146 g/mol. The molecule has 0 saturated carbocycles. The van der Waals surface area contributed by atoms with Crippen molar-refractivity contribution in [2.24, 2.45) is 0 Å². The van der Waals surface area contributed by atoms with Crippen LogP contribution in [0.2, 0.25) is 0 Å². The highest BCUT2D eigenvalue weighted by Gasteiger charge is 2.09. The van der Waals surface area contributed by atoms with Crippen molar-refractivity contribution in [3.63, 3.8) is 0 Å². The van der Waals surface area contributed by atoms with Crippen molar-refractivity contribution >= 4 is 11.8 Å². The molecule has 0 radical (unpaired) electrons. The SMILES string of the molecule is CNNC(=O)C(=O)NNC. The van der Waals surface area contributed by atoms with Crippen LogP contribution in [0.3, 0.4) is 0 Å². The lowest BCUT2D eigenvalue weighted by Gasteiger charge is -2.01. The second kappa shape index (κ2) is 4.71. The molecule has 0 aliphatic heterocycles. The molecule has 6 nitrogen and oxygen atoms in total. The Balaban J connectivity index is 3.60. The second-order valence-electron chi connectivity index (χ2n) is 1.41. The highest BCUT2D eigenvalue weighted by molar-refractivity contribution is 6.34. The Hall–Kier alpha value is -1.14. The summed E-state index contributed by atoms with van der Waals surface area (Å²) < 4.78 is 0. The third-order valence-electron chi connectivity index (χ3n) is 0.683. The summed E-state index contributed by atoms with van der Waals surface area (Å²) in [6, 6.07) is 0. The van der Waals surface area contributed by atoms with Gasteiger partial charge in [-0.15, -0.1) is 0 Å². The van der Waals surface area contributed by atoms with E-state index in [1.54, 1.807) is 0 Å². The summed E-state index contributed by atoms with van der Waals surface area (Å²) >= 11 is 0. The summed E-state index contributed by atoms with van der Waals surface area (Å²) in [4.78, 5) is 21.0. The summed E-state index contributed by atoms with van der Waals surface area (Å²) in [6.07, 6.45) is 0. The lowest BCUT2D eigenvalue weighted by molar-refractivity contribution is -0.140. The molecule has 4 N–H and O–H groups in total. The number of hydrazine groups is 2. The van der Waals surface area contributed by atoms with Gasteiger partial charge in [0, 0.05) is 14.1 Å². The van der Waals surface area contributed by atoms with Crippen molar-refractivity contribution in [3.8, 4) is 0 Å². The highest BCUT2D eigenvalue weighted by Crippen LogP contribution is 1.59. The third kappa shape index (κ3) is 3.00. The van der Waals surface area contributed by atoms with Gasteiger partial charge in [-0.3, -0.25) is 20.4 Å². The fourth-order valence-electron chi connectivity index (χ4n) is 0.341. The van der Waals surface area contributed by atoms with Gasteiger partial charge >= 0.3 is 11.8 Å². The zero-order chi connectivity index (χ0) is 7.98. The van der Waals surface area contributed by atoms with Gasteiger partial charge in [0.2, 0.25) is 0 Å². The summed E-state index contributed by atoms with van der Waals surface area (Å²) in [5.41, 5.74) is 8.82. The lowest BCUT2D eigenvalue weighted by Crippen LogP contribution is -2.48. The smallest absolute Gasteiger partial charge is 0.283 e. The Morgan fingerprint density at radius 1 is 0.900 bits per heavy atom. The van der Waals surface area contributed by atoms with E-state index >= 15 is 0 Å². The van der Waals surface area contributed by atoms with Crippen molar-refractivity contribution in [2.75, 3.05) is 14.1 Å². The van der Waals surface area contributed by atoms with Gasteiger partial charge in [0.25, 0.3) is 0 Å². The minimum Gasteiger partial charge on any atom is -0.283 e. The Morgan fingerprint density at radius 3 is 1.40 bits per heavy atom. The van der Waals surface area contributed by atoms with Gasteiger partial charge in [0.05, 0.1) is 0 Å². The fraction of sp³-hybridized carbons (Fsp3) is 0.500. The number of nitrogens with one attached hydrogen (secondary N) is 4. The molecule has 58 valence electrons. The van der Waals surface area contributed by atoms with Crippen LogP contribution in [-0.2, 0) is 9.59 Å². The topological polar surface area (TPSA) is 82.3 Å². The second-order valence-corrected chi connectivity index (χ2v) is 1.41. The van der Waals surface area contributed by atoms with E-state index in [2.05, 4.69) is 21.7 Å². The van der Waals surface area contributed by atoms with Gasteiger partial charge < -0.3 is 0 Å². The summed E-state index contributed by atoms with van der Waals surface area (Å²) in [5, 5.41) is 0. The Labute approximate surface area is 58.3 Å². The first-order chi connectivity index (χ1) is 4.72. The van der Waals surface area contributed by atoms with Crippen LogP contribution in [0.4, 0.5) is 0 Å². The Bertz CT molecular complexity index is 119. The molecule has 0 aromatic heterocycles.